The van der Waals surface area contributed by atoms with Crippen LogP contribution in [-0.2, 0) is 6.18 Å². The number of aromatic nitrogens is 1. The van der Waals surface area contributed by atoms with Crippen LogP contribution in [0.5, 0.6) is 0 Å². The Morgan fingerprint density at radius 2 is 1.75 bits per heavy atom. The molecule has 4 nitrogen and oxygen atoms in total. The van der Waals surface area contributed by atoms with Crippen LogP contribution in [0.4, 0.5) is 19.2 Å². The first kappa shape index (κ1) is 14.1. The van der Waals surface area contributed by atoms with Crippen molar-refractivity contribution >= 4 is 6.01 Å². The van der Waals surface area contributed by atoms with Gasteiger partial charge in [0.15, 0.2) is 11.3 Å². The van der Waals surface area contributed by atoms with Crippen LogP contribution >= 0.6 is 0 Å². The van der Waals surface area contributed by atoms with Crippen LogP contribution in [0, 0.1) is 0 Å². The zero-order valence-electron chi connectivity index (χ0n) is 10.7. The molecule has 0 spiro atoms. The smallest absolute Gasteiger partial charge is 0.424 e. The van der Waals surface area contributed by atoms with E-state index in [2.05, 4.69) is 4.98 Å². The number of rotatable bonds is 2. The Kier molecular flexibility index (Phi) is 3.52. The van der Waals surface area contributed by atoms with Gasteiger partial charge in [0.25, 0.3) is 5.56 Å². The number of hydrogen-bond acceptors (Lipinski definition) is 4. The first-order valence-electron chi connectivity index (χ1n) is 5.66. The third-order valence-corrected chi connectivity index (χ3v) is 2.53. The van der Waals surface area contributed by atoms with E-state index in [0.717, 1.165) is 0 Å². The Morgan fingerprint density at radius 3 is 2.25 bits per heavy atom. The molecule has 2 aromatic rings. The Balaban J connectivity index is 2.78. The summed E-state index contributed by atoms with van der Waals surface area (Å²) in [6, 6.07) is 7.47. The molecule has 1 aromatic carbocycles. The van der Waals surface area contributed by atoms with Crippen molar-refractivity contribution in [1.29, 1.82) is 0 Å². The lowest BCUT2D eigenvalue weighted by Crippen LogP contribution is -2.25. The second kappa shape index (κ2) is 4.99. The Morgan fingerprint density at radius 1 is 1.15 bits per heavy atom. The molecule has 0 bridgehead atoms. The minimum atomic E-state index is -4.83. The molecule has 0 amide bonds. The number of alkyl halides is 3. The van der Waals surface area contributed by atoms with Gasteiger partial charge in [-0.1, -0.05) is 30.3 Å². The predicted octanol–water partition coefficient (Wildman–Crippen LogP) is 2.79. The number of benzene rings is 1. The van der Waals surface area contributed by atoms with Gasteiger partial charge in [-0.2, -0.15) is 18.2 Å². The highest BCUT2D eigenvalue weighted by atomic mass is 19.4. The van der Waals surface area contributed by atoms with Crippen molar-refractivity contribution in [3.63, 3.8) is 0 Å². The molecule has 0 aliphatic heterocycles. The number of anilines is 1. The van der Waals surface area contributed by atoms with Crippen LogP contribution in [-0.4, -0.2) is 19.1 Å². The summed E-state index contributed by atoms with van der Waals surface area (Å²) in [7, 11) is 3.04. The van der Waals surface area contributed by atoms with E-state index in [4.69, 9.17) is 4.42 Å². The monoisotopic (exact) mass is 284 g/mol. The molecular formula is C13H11F3N2O2. The Hall–Kier alpha value is -2.31. The van der Waals surface area contributed by atoms with Crippen LogP contribution in [0.1, 0.15) is 5.56 Å². The van der Waals surface area contributed by atoms with Gasteiger partial charge in [-0.15, -0.1) is 0 Å². The number of halogens is 3. The summed E-state index contributed by atoms with van der Waals surface area (Å²) in [5, 5.41) is 0. The maximum absolute atomic E-state index is 13.0. The van der Waals surface area contributed by atoms with Gasteiger partial charge < -0.3 is 9.32 Å². The van der Waals surface area contributed by atoms with Gasteiger partial charge in [-0.25, -0.2) is 0 Å². The van der Waals surface area contributed by atoms with E-state index in [0.29, 0.717) is 0 Å². The minimum absolute atomic E-state index is 0.169. The highest BCUT2D eigenvalue weighted by molar-refractivity contribution is 5.62. The fourth-order valence-electron chi connectivity index (χ4n) is 1.64. The second-order valence-electron chi connectivity index (χ2n) is 4.26. The van der Waals surface area contributed by atoms with Crippen LogP contribution in [0.2, 0.25) is 0 Å². The topological polar surface area (TPSA) is 46.3 Å². The van der Waals surface area contributed by atoms with Gasteiger partial charge in [0, 0.05) is 19.7 Å². The largest absolute Gasteiger partial charge is 0.425 e. The van der Waals surface area contributed by atoms with Crippen LogP contribution < -0.4 is 10.5 Å². The molecule has 0 N–H and O–H groups in total. The van der Waals surface area contributed by atoms with Gasteiger partial charge in [-0.05, 0) is 0 Å². The first-order valence-corrected chi connectivity index (χ1v) is 5.66. The van der Waals surface area contributed by atoms with E-state index in [-0.39, 0.29) is 11.6 Å². The van der Waals surface area contributed by atoms with E-state index < -0.39 is 23.1 Å². The number of nitrogens with zero attached hydrogens (tertiary/aromatic N) is 2. The molecule has 0 unspecified atom stereocenters. The molecule has 0 aliphatic rings. The van der Waals surface area contributed by atoms with Crippen LogP contribution in [0.25, 0.3) is 11.3 Å². The molecule has 1 heterocycles. The lowest BCUT2D eigenvalue weighted by Gasteiger charge is -2.14. The number of hydrogen-bond donors (Lipinski definition) is 0. The van der Waals surface area contributed by atoms with Gasteiger partial charge >= 0.3 is 12.2 Å². The molecule has 0 saturated carbocycles. The third-order valence-electron chi connectivity index (χ3n) is 2.53. The van der Waals surface area contributed by atoms with E-state index in [1.807, 2.05) is 0 Å². The predicted molar refractivity (Wildman–Crippen MR) is 67.5 cm³/mol. The summed E-state index contributed by atoms with van der Waals surface area (Å²) in [5.41, 5.74) is -2.58. The van der Waals surface area contributed by atoms with Crippen molar-refractivity contribution in [2.75, 3.05) is 19.0 Å². The summed E-state index contributed by atoms with van der Waals surface area (Å²) in [6.45, 7) is 0. The molecular weight excluding hydrogens is 273 g/mol. The lowest BCUT2D eigenvalue weighted by molar-refractivity contribution is -0.139. The van der Waals surface area contributed by atoms with Crippen molar-refractivity contribution in [1.82, 2.24) is 4.98 Å². The molecule has 0 fully saturated rings. The molecule has 0 radical (unpaired) electrons. The standard InChI is InChI=1S/C13H11F3N2O2/c1-18(2)12-17-11(19)9(13(14,15)16)10(20-12)8-6-4-3-5-7-8/h3-7H,1-2H3. The van der Waals surface area contributed by atoms with E-state index in [1.54, 1.807) is 18.2 Å². The average molecular weight is 284 g/mol. The van der Waals surface area contributed by atoms with E-state index in [9.17, 15) is 18.0 Å². The normalized spacial score (nSPS) is 11.4. The van der Waals surface area contributed by atoms with Gasteiger partial charge in [0.05, 0.1) is 0 Å². The Labute approximate surface area is 112 Å². The quantitative estimate of drug-likeness (QED) is 0.850. The second-order valence-corrected chi connectivity index (χ2v) is 4.26. The molecule has 0 saturated heterocycles. The Bertz CT molecular complexity index is 664. The zero-order chi connectivity index (χ0) is 14.9. The highest BCUT2D eigenvalue weighted by Gasteiger charge is 2.39. The molecule has 7 heteroatoms. The van der Waals surface area contributed by atoms with Gasteiger partial charge in [0.2, 0.25) is 0 Å². The SMILES string of the molecule is CN(C)c1nc(=O)c(C(F)(F)F)c(-c2ccccc2)o1. The summed E-state index contributed by atoms with van der Waals surface area (Å²) >= 11 is 0. The van der Waals surface area contributed by atoms with Crippen molar-refractivity contribution in [2.45, 2.75) is 6.18 Å². The fourth-order valence-corrected chi connectivity index (χ4v) is 1.64. The maximum atomic E-state index is 13.0. The molecule has 20 heavy (non-hydrogen) atoms. The molecule has 1 aromatic heterocycles. The lowest BCUT2D eigenvalue weighted by atomic mass is 10.1. The molecule has 0 aliphatic carbocycles. The van der Waals surface area contributed by atoms with Crippen molar-refractivity contribution < 1.29 is 17.6 Å². The van der Waals surface area contributed by atoms with E-state index >= 15 is 0 Å². The van der Waals surface area contributed by atoms with Gasteiger partial charge in [-0.3, -0.25) is 4.79 Å². The van der Waals surface area contributed by atoms with Crippen molar-refractivity contribution in [3.8, 4) is 11.3 Å². The average Bonchev–Trinajstić information content (AvgIpc) is 2.37. The van der Waals surface area contributed by atoms with Gasteiger partial charge in [0.1, 0.15) is 0 Å². The first-order chi connectivity index (χ1) is 9.30. The summed E-state index contributed by atoms with van der Waals surface area (Å²) in [4.78, 5) is 16.3. The van der Waals surface area contributed by atoms with E-state index in [1.165, 1.54) is 31.1 Å². The summed E-state index contributed by atoms with van der Waals surface area (Å²) < 4.78 is 44.2. The minimum Gasteiger partial charge on any atom is -0.424 e. The zero-order valence-corrected chi connectivity index (χ0v) is 10.7. The third kappa shape index (κ3) is 2.66. The summed E-state index contributed by atoms with van der Waals surface area (Å²) in [6.07, 6.45) is -4.83. The summed E-state index contributed by atoms with van der Waals surface area (Å²) in [5.74, 6) is -0.526. The molecule has 2 rings (SSSR count). The molecule has 106 valence electrons. The van der Waals surface area contributed by atoms with Crippen molar-refractivity contribution in [3.05, 3.63) is 46.2 Å². The van der Waals surface area contributed by atoms with Crippen LogP contribution in [0.3, 0.4) is 0 Å². The molecule has 0 atom stereocenters. The van der Waals surface area contributed by atoms with Crippen LogP contribution in [0.15, 0.2) is 39.5 Å². The fraction of sp³-hybridized carbons (Fsp3) is 0.231. The highest BCUT2D eigenvalue weighted by Crippen LogP contribution is 2.35. The van der Waals surface area contributed by atoms with Crippen molar-refractivity contribution in [2.24, 2.45) is 0 Å². The maximum Gasteiger partial charge on any atom is 0.425 e.